The Labute approximate surface area is 120 Å². The minimum atomic E-state index is 0.495. The molecule has 0 N–H and O–H groups in total. The lowest BCUT2D eigenvalue weighted by atomic mass is 9.80. The van der Waals surface area contributed by atoms with Crippen molar-refractivity contribution in [3.05, 3.63) is 0 Å². The molecule has 19 heavy (non-hydrogen) atoms. The molecule has 1 fully saturated rings. The van der Waals surface area contributed by atoms with Crippen molar-refractivity contribution in [3.63, 3.8) is 0 Å². The molecule has 0 saturated heterocycles. The fourth-order valence-electron chi connectivity index (χ4n) is 2.89. The summed E-state index contributed by atoms with van der Waals surface area (Å²) < 4.78 is 11.5. The van der Waals surface area contributed by atoms with Crippen LogP contribution in [-0.2, 0) is 9.47 Å². The Morgan fingerprint density at radius 1 is 0.895 bits per heavy atom. The molecule has 1 saturated carbocycles. The molecule has 0 aromatic carbocycles. The van der Waals surface area contributed by atoms with Crippen molar-refractivity contribution in [2.24, 2.45) is 17.8 Å². The van der Waals surface area contributed by atoms with Crippen LogP contribution in [0.2, 0.25) is 0 Å². The van der Waals surface area contributed by atoms with E-state index in [0.717, 1.165) is 37.6 Å². The molecular formula is C17H34O2. The minimum Gasteiger partial charge on any atom is -0.379 e. The van der Waals surface area contributed by atoms with E-state index in [4.69, 9.17) is 9.47 Å². The highest BCUT2D eigenvalue weighted by atomic mass is 16.5. The van der Waals surface area contributed by atoms with Crippen molar-refractivity contribution >= 4 is 0 Å². The molecular weight excluding hydrogens is 236 g/mol. The molecule has 0 spiro atoms. The van der Waals surface area contributed by atoms with E-state index >= 15 is 0 Å². The van der Waals surface area contributed by atoms with Gasteiger partial charge in [-0.2, -0.15) is 0 Å². The quantitative estimate of drug-likeness (QED) is 0.567. The van der Waals surface area contributed by atoms with E-state index in [1.807, 2.05) is 0 Å². The summed E-state index contributed by atoms with van der Waals surface area (Å²) in [6.45, 7) is 11.6. The highest BCUT2D eigenvalue weighted by Gasteiger charge is 2.23. The van der Waals surface area contributed by atoms with Gasteiger partial charge in [-0.1, -0.05) is 27.7 Å². The maximum atomic E-state index is 5.91. The van der Waals surface area contributed by atoms with Crippen LogP contribution in [0.4, 0.5) is 0 Å². The average molecular weight is 270 g/mol. The first-order chi connectivity index (χ1) is 9.09. The first kappa shape index (κ1) is 17.0. The van der Waals surface area contributed by atoms with E-state index < -0.39 is 0 Å². The Morgan fingerprint density at radius 2 is 1.58 bits per heavy atom. The summed E-state index contributed by atoms with van der Waals surface area (Å²) in [4.78, 5) is 0. The van der Waals surface area contributed by atoms with Gasteiger partial charge in [0.25, 0.3) is 0 Å². The predicted octanol–water partition coefficient (Wildman–Crippen LogP) is 4.67. The summed E-state index contributed by atoms with van der Waals surface area (Å²) in [6.07, 6.45) is 8.12. The first-order valence-corrected chi connectivity index (χ1v) is 8.29. The SMILES string of the molecule is CC(C)CCCOCCOC1CCC(C(C)C)CC1. The number of hydrogen-bond donors (Lipinski definition) is 0. The van der Waals surface area contributed by atoms with Crippen molar-refractivity contribution in [1.29, 1.82) is 0 Å². The number of rotatable bonds is 9. The van der Waals surface area contributed by atoms with Crippen LogP contribution in [0.5, 0.6) is 0 Å². The van der Waals surface area contributed by atoms with Gasteiger partial charge in [0.1, 0.15) is 0 Å². The van der Waals surface area contributed by atoms with Gasteiger partial charge >= 0.3 is 0 Å². The highest BCUT2D eigenvalue weighted by molar-refractivity contribution is 4.74. The molecule has 0 bridgehead atoms. The zero-order valence-corrected chi connectivity index (χ0v) is 13.5. The minimum absolute atomic E-state index is 0.495. The Bertz CT molecular complexity index is 205. The van der Waals surface area contributed by atoms with Crippen molar-refractivity contribution in [3.8, 4) is 0 Å². The lowest BCUT2D eigenvalue weighted by Crippen LogP contribution is -2.25. The molecule has 1 rings (SSSR count). The standard InChI is InChI=1S/C17H34O2/c1-14(2)6-5-11-18-12-13-19-17-9-7-16(8-10-17)15(3)4/h14-17H,5-13H2,1-4H3. The molecule has 2 nitrogen and oxygen atoms in total. The van der Waals surface area contributed by atoms with Gasteiger partial charge in [0.15, 0.2) is 0 Å². The van der Waals surface area contributed by atoms with Crippen molar-refractivity contribution in [2.45, 2.75) is 72.3 Å². The van der Waals surface area contributed by atoms with Crippen molar-refractivity contribution in [1.82, 2.24) is 0 Å². The van der Waals surface area contributed by atoms with Crippen LogP contribution < -0.4 is 0 Å². The third-order valence-corrected chi connectivity index (χ3v) is 4.31. The molecule has 1 aliphatic rings. The van der Waals surface area contributed by atoms with E-state index in [1.54, 1.807) is 0 Å². The average Bonchev–Trinajstić information content (AvgIpc) is 2.38. The molecule has 0 radical (unpaired) electrons. The normalized spacial score (nSPS) is 24.3. The Kier molecular flexibility index (Phi) is 8.72. The monoisotopic (exact) mass is 270 g/mol. The van der Waals surface area contributed by atoms with E-state index in [0.29, 0.717) is 6.10 Å². The lowest BCUT2D eigenvalue weighted by molar-refractivity contribution is -0.0198. The smallest absolute Gasteiger partial charge is 0.0704 e. The Balaban J connectivity index is 1.91. The van der Waals surface area contributed by atoms with Crippen molar-refractivity contribution in [2.75, 3.05) is 19.8 Å². The summed E-state index contributed by atoms with van der Waals surface area (Å²) in [5.74, 6) is 2.55. The van der Waals surface area contributed by atoms with E-state index in [9.17, 15) is 0 Å². The molecule has 114 valence electrons. The van der Waals surface area contributed by atoms with Crippen molar-refractivity contribution < 1.29 is 9.47 Å². The zero-order chi connectivity index (χ0) is 14.1. The van der Waals surface area contributed by atoms with Gasteiger partial charge < -0.3 is 9.47 Å². The maximum absolute atomic E-state index is 5.91. The molecule has 0 heterocycles. The van der Waals surface area contributed by atoms with E-state index in [-0.39, 0.29) is 0 Å². The zero-order valence-electron chi connectivity index (χ0n) is 13.5. The summed E-state index contributed by atoms with van der Waals surface area (Å²) in [5, 5.41) is 0. The van der Waals surface area contributed by atoms with Crippen LogP contribution in [0.1, 0.15) is 66.2 Å². The third-order valence-electron chi connectivity index (χ3n) is 4.31. The van der Waals surface area contributed by atoms with Gasteiger partial charge in [0.2, 0.25) is 0 Å². The van der Waals surface area contributed by atoms with Crippen LogP contribution in [-0.4, -0.2) is 25.9 Å². The Hall–Kier alpha value is -0.0800. The van der Waals surface area contributed by atoms with Gasteiger partial charge in [-0.15, -0.1) is 0 Å². The van der Waals surface area contributed by atoms with Gasteiger partial charge in [-0.3, -0.25) is 0 Å². The van der Waals surface area contributed by atoms with E-state index in [2.05, 4.69) is 27.7 Å². The predicted molar refractivity (Wildman–Crippen MR) is 81.4 cm³/mol. The topological polar surface area (TPSA) is 18.5 Å². The van der Waals surface area contributed by atoms with Crippen LogP contribution in [0.25, 0.3) is 0 Å². The summed E-state index contributed by atoms with van der Waals surface area (Å²) in [5.41, 5.74) is 0. The molecule has 1 aliphatic carbocycles. The molecule has 0 unspecified atom stereocenters. The van der Waals surface area contributed by atoms with Crippen LogP contribution in [0.15, 0.2) is 0 Å². The number of hydrogen-bond acceptors (Lipinski definition) is 2. The summed E-state index contributed by atoms with van der Waals surface area (Å²) >= 11 is 0. The van der Waals surface area contributed by atoms with Crippen LogP contribution in [0, 0.1) is 17.8 Å². The lowest BCUT2D eigenvalue weighted by Gasteiger charge is -2.30. The molecule has 0 amide bonds. The summed E-state index contributed by atoms with van der Waals surface area (Å²) in [6, 6.07) is 0. The summed E-state index contributed by atoms with van der Waals surface area (Å²) in [7, 11) is 0. The molecule has 0 aromatic rings. The fourth-order valence-corrected chi connectivity index (χ4v) is 2.89. The second-order valence-corrected chi connectivity index (χ2v) is 6.80. The third kappa shape index (κ3) is 7.94. The highest BCUT2D eigenvalue weighted by Crippen LogP contribution is 2.31. The second kappa shape index (κ2) is 9.77. The fraction of sp³-hybridized carbons (Fsp3) is 1.00. The van der Waals surface area contributed by atoms with E-state index in [1.165, 1.54) is 38.5 Å². The van der Waals surface area contributed by atoms with Crippen LogP contribution >= 0.6 is 0 Å². The Morgan fingerprint density at radius 3 is 2.16 bits per heavy atom. The van der Waals surface area contributed by atoms with Gasteiger partial charge in [0.05, 0.1) is 19.3 Å². The molecule has 0 aromatic heterocycles. The molecule has 0 aliphatic heterocycles. The molecule has 0 atom stereocenters. The van der Waals surface area contributed by atoms with Gasteiger partial charge in [-0.05, 0) is 56.3 Å². The van der Waals surface area contributed by atoms with Gasteiger partial charge in [-0.25, -0.2) is 0 Å². The van der Waals surface area contributed by atoms with Crippen LogP contribution in [0.3, 0.4) is 0 Å². The maximum Gasteiger partial charge on any atom is 0.0704 e. The largest absolute Gasteiger partial charge is 0.379 e. The molecule has 2 heteroatoms. The second-order valence-electron chi connectivity index (χ2n) is 6.80. The number of ether oxygens (including phenoxy) is 2. The van der Waals surface area contributed by atoms with Gasteiger partial charge in [0, 0.05) is 6.61 Å². The first-order valence-electron chi connectivity index (χ1n) is 8.29.